The van der Waals surface area contributed by atoms with Gasteiger partial charge in [0.1, 0.15) is 5.69 Å². The van der Waals surface area contributed by atoms with Crippen molar-refractivity contribution < 1.29 is 9.59 Å². The van der Waals surface area contributed by atoms with Crippen molar-refractivity contribution >= 4 is 11.8 Å². The highest BCUT2D eigenvalue weighted by molar-refractivity contribution is 5.97. The minimum Gasteiger partial charge on any atom is -0.351 e. The van der Waals surface area contributed by atoms with Gasteiger partial charge in [-0.1, -0.05) is 20.8 Å². The van der Waals surface area contributed by atoms with E-state index in [0.29, 0.717) is 30.5 Å². The van der Waals surface area contributed by atoms with Crippen molar-refractivity contribution in [3.05, 3.63) is 17.2 Å². The van der Waals surface area contributed by atoms with Gasteiger partial charge in [0.25, 0.3) is 11.8 Å². The summed E-state index contributed by atoms with van der Waals surface area (Å²) in [7, 11) is 0. The Balaban J connectivity index is 2.25. The number of hydrogen-bond donors (Lipinski definition) is 2. The minimum absolute atomic E-state index is 0.171. The number of nitrogens with zero attached hydrogens (tertiary/aromatic N) is 2. The number of nitrogens with one attached hydrogen (secondary N) is 2. The van der Waals surface area contributed by atoms with Crippen molar-refractivity contribution in [3.8, 4) is 0 Å². The van der Waals surface area contributed by atoms with E-state index in [9.17, 15) is 9.59 Å². The highest BCUT2D eigenvalue weighted by Crippen LogP contribution is 2.21. The maximum Gasteiger partial charge on any atom is 0.287 e. The predicted molar refractivity (Wildman–Crippen MR) is 85.0 cm³/mol. The standard InChI is InChI=1S/C16H26N4O2/c1-4-8-17-15(21)13-12-7-5-6-9-20(12)14(19-13)16(22)18-10-11(2)3/h11H,4-10H2,1-3H3,(H,17,21)(H,18,22). The average molecular weight is 306 g/mol. The van der Waals surface area contributed by atoms with Crippen LogP contribution >= 0.6 is 0 Å². The molecule has 0 bridgehead atoms. The van der Waals surface area contributed by atoms with Gasteiger partial charge in [-0.15, -0.1) is 0 Å². The van der Waals surface area contributed by atoms with Crippen LogP contribution in [-0.2, 0) is 13.0 Å². The lowest BCUT2D eigenvalue weighted by molar-refractivity contribution is 0.0933. The molecule has 0 atom stereocenters. The number of amides is 2. The molecule has 0 aromatic carbocycles. The lowest BCUT2D eigenvalue weighted by Crippen LogP contribution is -2.30. The molecule has 0 fully saturated rings. The zero-order valence-electron chi connectivity index (χ0n) is 13.7. The van der Waals surface area contributed by atoms with E-state index < -0.39 is 0 Å². The van der Waals surface area contributed by atoms with Gasteiger partial charge in [0.2, 0.25) is 0 Å². The van der Waals surface area contributed by atoms with E-state index in [4.69, 9.17) is 0 Å². The van der Waals surface area contributed by atoms with Gasteiger partial charge >= 0.3 is 0 Å². The Kier molecular flexibility index (Phi) is 5.57. The van der Waals surface area contributed by atoms with Crippen LogP contribution < -0.4 is 10.6 Å². The molecule has 0 saturated carbocycles. The molecule has 2 heterocycles. The van der Waals surface area contributed by atoms with Crippen molar-refractivity contribution in [2.45, 2.75) is 53.0 Å². The molecule has 0 unspecified atom stereocenters. The van der Waals surface area contributed by atoms with E-state index >= 15 is 0 Å². The second-order valence-corrected chi connectivity index (χ2v) is 6.20. The summed E-state index contributed by atoms with van der Waals surface area (Å²) in [5.74, 6) is 0.394. The van der Waals surface area contributed by atoms with Crippen LogP contribution in [0.3, 0.4) is 0 Å². The van der Waals surface area contributed by atoms with Gasteiger partial charge in [0, 0.05) is 19.6 Å². The Bertz CT molecular complexity index is 549. The average Bonchev–Trinajstić information content (AvgIpc) is 2.90. The van der Waals surface area contributed by atoms with E-state index in [1.807, 2.05) is 25.3 Å². The van der Waals surface area contributed by atoms with Crippen LogP contribution in [0.2, 0.25) is 0 Å². The van der Waals surface area contributed by atoms with Crippen LogP contribution in [0.4, 0.5) is 0 Å². The molecular weight excluding hydrogens is 280 g/mol. The van der Waals surface area contributed by atoms with Gasteiger partial charge in [-0.3, -0.25) is 9.59 Å². The Labute approximate surface area is 131 Å². The third kappa shape index (κ3) is 3.67. The molecule has 1 aromatic rings. The second-order valence-electron chi connectivity index (χ2n) is 6.20. The van der Waals surface area contributed by atoms with Gasteiger partial charge in [0.15, 0.2) is 5.82 Å². The lowest BCUT2D eigenvalue weighted by Gasteiger charge is -2.17. The maximum atomic E-state index is 12.3. The summed E-state index contributed by atoms with van der Waals surface area (Å²) in [4.78, 5) is 29.0. The normalized spacial score (nSPS) is 13.8. The summed E-state index contributed by atoms with van der Waals surface area (Å²) in [6.45, 7) is 8.09. The van der Waals surface area contributed by atoms with E-state index in [1.165, 1.54) is 0 Å². The quantitative estimate of drug-likeness (QED) is 0.840. The Morgan fingerprint density at radius 1 is 1.23 bits per heavy atom. The molecule has 2 N–H and O–H groups in total. The molecule has 122 valence electrons. The van der Waals surface area contributed by atoms with E-state index in [-0.39, 0.29) is 11.8 Å². The molecule has 1 aliphatic heterocycles. The number of carbonyl (C=O) groups excluding carboxylic acids is 2. The molecule has 6 nitrogen and oxygen atoms in total. The number of hydrogen-bond acceptors (Lipinski definition) is 3. The Morgan fingerprint density at radius 2 is 2.00 bits per heavy atom. The predicted octanol–water partition coefficient (Wildman–Crippen LogP) is 1.74. The minimum atomic E-state index is -0.189. The van der Waals surface area contributed by atoms with Gasteiger partial charge in [-0.2, -0.15) is 0 Å². The molecule has 0 radical (unpaired) electrons. The summed E-state index contributed by atoms with van der Waals surface area (Å²) < 4.78 is 1.92. The second kappa shape index (κ2) is 7.42. The fourth-order valence-corrected chi connectivity index (χ4v) is 2.60. The summed E-state index contributed by atoms with van der Waals surface area (Å²) in [6.07, 6.45) is 3.74. The first-order valence-corrected chi connectivity index (χ1v) is 8.20. The van der Waals surface area contributed by atoms with Crippen LogP contribution in [0.25, 0.3) is 0 Å². The molecule has 0 aliphatic carbocycles. The van der Waals surface area contributed by atoms with E-state index in [1.54, 1.807) is 0 Å². The number of rotatable bonds is 6. The molecule has 2 amide bonds. The first-order chi connectivity index (χ1) is 10.5. The molecule has 1 aromatic heterocycles. The smallest absolute Gasteiger partial charge is 0.287 e. The molecule has 22 heavy (non-hydrogen) atoms. The number of carbonyl (C=O) groups is 2. The molecule has 2 rings (SSSR count). The van der Waals surface area contributed by atoms with Crippen LogP contribution in [0.15, 0.2) is 0 Å². The van der Waals surface area contributed by atoms with Gasteiger partial charge in [-0.05, 0) is 31.6 Å². The fourth-order valence-electron chi connectivity index (χ4n) is 2.60. The maximum absolute atomic E-state index is 12.3. The van der Waals surface area contributed by atoms with E-state index in [0.717, 1.165) is 37.9 Å². The Hall–Kier alpha value is -1.85. The molecule has 1 aliphatic rings. The first kappa shape index (κ1) is 16.5. The van der Waals surface area contributed by atoms with Crippen molar-refractivity contribution in [2.75, 3.05) is 13.1 Å². The van der Waals surface area contributed by atoms with Gasteiger partial charge < -0.3 is 15.2 Å². The molecule has 0 spiro atoms. The van der Waals surface area contributed by atoms with Crippen LogP contribution in [0, 0.1) is 5.92 Å². The molecule has 0 saturated heterocycles. The number of aromatic nitrogens is 2. The first-order valence-electron chi connectivity index (χ1n) is 8.20. The summed E-state index contributed by atoms with van der Waals surface area (Å²) in [5, 5.41) is 5.74. The molecule has 6 heteroatoms. The number of imidazole rings is 1. The fraction of sp³-hybridized carbons (Fsp3) is 0.688. The van der Waals surface area contributed by atoms with Crippen LogP contribution in [0.1, 0.15) is 66.8 Å². The Morgan fingerprint density at radius 3 is 2.68 bits per heavy atom. The van der Waals surface area contributed by atoms with Crippen molar-refractivity contribution in [2.24, 2.45) is 5.92 Å². The van der Waals surface area contributed by atoms with Crippen molar-refractivity contribution in [1.29, 1.82) is 0 Å². The van der Waals surface area contributed by atoms with Gasteiger partial charge in [-0.25, -0.2) is 4.98 Å². The largest absolute Gasteiger partial charge is 0.351 e. The molecular formula is C16H26N4O2. The van der Waals surface area contributed by atoms with Crippen molar-refractivity contribution in [1.82, 2.24) is 20.2 Å². The van der Waals surface area contributed by atoms with E-state index in [2.05, 4.69) is 15.6 Å². The third-order valence-corrected chi connectivity index (χ3v) is 3.74. The lowest BCUT2D eigenvalue weighted by atomic mass is 10.1. The monoisotopic (exact) mass is 306 g/mol. The highest BCUT2D eigenvalue weighted by atomic mass is 16.2. The summed E-state index contributed by atoms with van der Waals surface area (Å²) >= 11 is 0. The number of fused-ring (bicyclic) bond motifs is 1. The summed E-state index contributed by atoms with van der Waals surface area (Å²) in [6, 6.07) is 0. The van der Waals surface area contributed by atoms with Crippen LogP contribution in [-0.4, -0.2) is 34.5 Å². The highest BCUT2D eigenvalue weighted by Gasteiger charge is 2.27. The van der Waals surface area contributed by atoms with Gasteiger partial charge in [0.05, 0.1) is 5.69 Å². The third-order valence-electron chi connectivity index (χ3n) is 3.74. The van der Waals surface area contributed by atoms with Crippen LogP contribution in [0.5, 0.6) is 0 Å². The zero-order chi connectivity index (χ0) is 16.1. The summed E-state index contributed by atoms with van der Waals surface area (Å²) in [5.41, 5.74) is 1.32. The van der Waals surface area contributed by atoms with Crippen molar-refractivity contribution in [3.63, 3.8) is 0 Å². The topological polar surface area (TPSA) is 76.0 Å². The zero-order valence-corrected chi connectivity index (χ0v) is 13.7. The SMILES string of the molecule is CCCNC(=O)c1nc(C(=O)NCC(C)C)n2c1CCCC2.